The predicted octanol–water partition coefficient (Wildman–Crippen LogP) is 3.12. The molecule has 0 aliphatic carbocycles. The van der Waals surface area contributed by atoms with E-state index < -0.39 is 0 Å². The van der Waals surface area contributed by atoms with E-state index in [1.54, 1.807) is 31.6 Å². The third-order valence-corrected chi connectivity index (χ3v) is 5.92. The predicted molar refractivity (Wildman–Crippen MR) is 131 cm³/mol. The summed E-state index contributed by atoms with van der Waals surface area (Å²) >= 11 is 0. The fraction of sp³-hybridized carbons (Fsp3) is 0.280. The maximum absolute atomic E-state index is 13.1. The monoisotopic (exact) mass is 460 g/mol. The molecule has 176 valence electrons. The van der Waals surface area contributed by atoms with E-state index in [0.717, 1.165) is 27.8 Å². The van der Waals surface area contributed by atoms with Crippen LogP contribution in [0.4, 0.5) is 11.8 Å². The first-order valence-electron chi connectivity index (χ1n) is 11.0. The molecule has 0 fully saturated rings. The Bertz CT molecular complexity index is 1240. The molecule has 0 saturated heterocycles. The highest BCUT2D eigenvalue weighted by molar-refractivity contribution is 5.86. The Balaban J connectivity index is 1.55. The number of nitrogens with two attached hydrogens (primary N) is 2. The van der Waals surface area contributed by atoms with E-state index >= 15 is 0 Å². The molecule has 4 rings (SSSR count). The Morgan fingerprint density at radius 1 is 1.12 bits per heavy atom. The van der Waals surface area contributed by atoms with Gasteiger partial charge in [0.05, 0.1) is 26.5 Å². The smallest absolute Gasteiger partial charge is 0.243 e. The number of ether oxygens (including phenoxy) is 2. The van der Waals surface area contributed by atoms with Gasteiger partial charge in [0.2, 0.25) is 11.9 Å². The second-order valence-electron chi connectivity index (χ2n) is 8.09. The maximum atomic E-state index is 13.1. The van der Waals surface area contributed by atoms with Crippen LogP contribution in [-0.2, 0) is 17.6 Å². The molecule has 2 heterocycles. The van der Waals surface area contributed by atoms with Crippen LogP contribution in [-0.4, -0.2) is 41.3 Å². The van der Waals surface area contributed by atoms with Gasteiger partial charge in [-0.3, -0.25) is 4.79 Å². The number of hydrogen-bond acceptors (Lipinski definition) is 8. The topological polar surface area (TPSA) is 129 Å². The van der Waals surface area contributed by atoms with Crippen molar-refractivity contribution in [2.45, 2.75) is 32.2 Å². The summed E-state index contributed by atoms with van der Waals surface area (Å²) in [5.74, 6) is 1.57. The van der Waals surface area contributed by atoms with Gasteiger partial charge in [0, 0.05) is 24.6 Å². The highest BCUT2D eigenvalue weighted by Crippen LogP contribution is 2.35. The zero-order valence-electron chi connectivity index (χ0n) is 19.5. The number of hydrazone groups is 1. The van der Waals surface area contributed by atoms with Crippen LogP contribution in [0.5, 0.6) is 11.5 Å². The summed E-state index contributed by atoms with van der Waals surface area (Å²) in [6.45, 7) is 1.98. The van der Waals surface area contributed by atoms with Crippen molar-refractivity contribution >= 4 is 23.9 Å². The Morgan fingerprint density at radius 2 is 1.91 bits per heavy atom. The first-order chi connectivity index (χ1) is 16.4. The number of carbonyl (C=O) groups excluding carboxylic acids is 1. The Labute approximate surface area is 198 Å². The van der Waals surface area contributed by atoms with Gasteiger partial charge in [-0.2, -0.15) is 10.1 Å². The molecule has 0 spiro atoms. The molecule has 1 amide bonds. The fourth-order valence-electron chi connectivity index (χ4n) is 4.19. The van der Waals surface area contributed by atoms with E-state index in [-0.39, 0.29) is 24.3 Å². The van der Waals surface area contributed by atoms with Gasteiger partial charge in [-0.1, -0.05) is 30.3 Å². The molecule has 0 radical (unpaired) electrons. The van der Waals surface area contributed by atoms with E-state index in [1.807, 2.05) is 43.3 Å². The molecule has 3 aromatic rings. The maximum Gasteiger partial charge on any atom is 0.243 e. The zero-order valence-corrected chi connectivity index (χ0v) is 19.5. The normalized spacial score (nSPS) is 14.6. The van der Waals surface area contributed by atoms with E-state index in [1.165, 1.54) is 0 Å². The lowest BCUT2D eigenvalue weighted by Crippen LogP contribution is -2.32. The van der Waals surface area contributed by atoms with Crippen molar-refractivity contribution in [2.75, 3.05) is 25.7 Å². The summed E-state index contributed by atoms with van der Waals surface area (Å²) in [7, 11) is 3.17. The van der Waals surface area contributed by atoms with Crippen LogP contribution < -0.4 is 20.9 Å². The third-order valence-electron chi connectivity index (χ3n) is 5.92. The largest absolute Gasteiger partial charge is 0.493 e. The molecule has 1 aliphatic heterocycles. The van der Waals surface area contributed by atoms with E-state index in [4.69, 9.17) is 20.9 Å². The van der Waals surface area contributed by atoms with Crippen molar-refractivity contribution in [3.63, 3.8) is 0 Å². The molecule has 9 heteroatoms. The lowest BCUT2D eigenvalue weighted by molar-refractivity contribution is -0.133. The average Bonchev–Trinajstić information content (AvgIpc) is 2.84. The molecular formula is C25H28N6O3. The van der Waals surface area contributed by atoms with Crippen molar-refractivity contribution in [3.8, 4) is 11.5 Å². The molecule has 1 aliphatic rings. The van der Waals surface area contributed by atoms with Crippen LogP contribution in [0.25, 0.3) is 0 Å². The number of fused-ring (bicyclic) bond motifs is 1. The molecule has 0 saturated carbocycles. The number of carbonyl (C=O) groups is 1. The summed E-state index contributed by atoms with van der Waals surface area (Å²) in [5.41, 5.74) is 16.3. The summed E-state index contributed by atoms with van der Waals surface area (Å²) in [5, 5.41) is 5.94. The highest BCUT2D eigenvalue weighted by Gasteiger charge is 2.26. The summed E-state index contributed by atoms with van der Waals surface area (Å²) in [4.78, 5) is 21.2. The lowest BCUT2D eigenvalue weighted by Gasteiger charge is -2.29. The minimum Gasteiger partial charge on any atom is -0.493 e. The number of amides is 1. The zero-order chi connectivity index (χ0) is 24.2. The summed E-state index contributed by atoms with van der Waals surface area (Å²) in [6, 6.07) is 11.7. The van der Waals surface area contributed by atoms with Crippen LogP contribution in [0, 0.1) is 0 Å². The van der Waals surface area contributed by atoms with Crippen LogP contribution in [0.15, 0.2) is 47.7 Å². The first-order valence-corrected chi connectivity index (χ1v) is 11.0. The van der Waals surface area contributed by atoms with E-state index in [9.17, 15) is 4.79 Å². The number of nitrogen functional groups attached to an aromatic ring is 2. The lowest BCUT2D eigenvalue weighted by atomic mass is 9.98. The second-order valence-corrected chi connectivity index (χ2v) is 8.09. The van der Waals surface area contributed by atoms with Crippen LogP contribution in [0.1, 0.15) is 47.2 Å². The van der Waals surface area contributed by atoms with Gasteiger partial charge in [-0.15, -0.1) is 0 Å². The average molecular weight is 461 g/mol. The Kier molecular flexibility index (Phi) is 6.62. The van der Waals surface area contributed by atoms with Gasteiger partial charge >= 0.3 is 0 Å². The van der Waals surface area contributed by atoms with Crippen LogP contribution >= 0.6 is 0 Å². The molecule has 9 nitrogen and oxygen atoms in total. The molecule has 34 heavy (non-hydrogen) atoms. The van der Waals surface area contributed by atoms with E-state index in [0.29, 0.717) is 30.2 Å². The van der Waals surface area contributed by atoms with Crippen molar-refractivity contribution in [2.24, 2.45) is 5.10 Å². The summed E-state index contributed by atoms with van der Waals surface area (Å²) < 4.78 is 11.2. The van der Waals surface area contributed by atoms with Crippen LogP contribution in [0.2, 0.25) is 0 Å². The molecule has 1 atom stereocenters. The highest BCUT2D eigenvalue weighted by atomic mass is 16.5. The number of nitrogens with zero attached hydrogens (tertiary/aromatic N) is 4. The first kappa shape index (κ1) is 23.0. The number of methoxy groups -OCH3 is 2. The second kappa shape index (κ2) is 9.78. The standard InChI is InChI=1S/C25H28N6O3/c1-15-20-7-5-4-6-18(20)14-29-31(15)22(32)9-8-17-10-16(12-21(33-2)23(17)34-3)11-19-13-28-25(27)30-24(19)26/h4-7,10,12-15H,8-9,11H2,1-3H3,(H4,26,27,28,30). The molecule has 2 aromatic carbocycles. The third kappa shape index (κ3) is 4.63. The van der Waals surface area contributed by atoms with Crippen molar-refractivity contribution in [3.05, 3.63) is 70.4 Å². The van der Waals surface area contributed by atoms with Gasteiger partial charge in [0.1, 0.15) is 5.82 Å². The van der Waals surface area contributed by atoms with E-state index in [2.05, 4.69) is 15.1 Å². The number of anilines is 2. The molecule has 1 aromatic heterocycles. The molecule has 4 N–H and O–H groups in total. The SMILES string of the molecule is COc1cc(Cc2cnc(N)nc2N)cc(CCC(=O)N2N=Cc3ccccc3C2C)c1OC. The van der Waals surface area contributed by atoms with Crippen molar-refractivity contribution < 1.29 is 14.3 Å². The van der Waals surface area contributed by atoms with Crippen molar-refractivity contribution in [1.82, 2.24) is 15.0 Å². The number of rotatable bonds is 7. The number of aromatic nitrogens is 2. The fourth-order valence-corrected chi connectivity index (χ4v) is 4.19. The Hall–Kier alpha value is -4.14. The van der Waals surface area contributed by atoms with Crippen molar-refractivity contribution in [1.29, 1.82) is 0 Å². The minimum absolute atomic E-state index is 0.0687. The number of aryl methyl sites for hydroxylation is 1. The Morgan fingerprint density at radius 3 is 2.65 bits per heavy atom. The minimum atomic E-state index is -0.134. The molecular weight excluding hydrogens is 432 g/mol. The van der Waals surface area contributed by atoms with Gasteiger partial charge in [0.25, 0.3) is 0 Å². The van der Waals surface area contributed by atoms with Gasteiger partial charge in [-0.25, -0.2) is 9.99 Å². The molecule has 1 unspecified atom stereocenters. The van der Waals surface area contributed by atoms with Gasteiger partial charge < -0.3 is 20.9 Å². The summed E-state index contributed by atoms with van der Waals surface area (Å²) in [6.07, 6.45) is 4.56. The molecule has 0 bridgehead atoms. The van der Waals surface area contributed by atoms with Gasteiger partial charge in [0.15, 0.2) is 11.5 Å². The quantitative estimate of drug-likeness (QED) is 0.554. The van der Waals surface area contributed by atoms with Gasteiger partial charge in [-0.05, 0) is 41.7 Å². The number of benzene rings is 2. The number of hydrogen-bond donors (Lipinski definition) is 2. The van der Waals surface area contributed by atoms with Crippen LogP contribution in [0.3, 0.4) is 0 Å².